The van der Waals surface area contributed by atoms with Gasteiger partial charge in [0.25, 0.3) is 0 Å². The van der Waals surface area contributed by atoms with E-state index in [1.54, 1.807) is 0 Å². The topological polar surface area (TPSA) is 26.0 Å². The van der Waals surface area contributed by atoms with Crippen molar-refractivity contribution < 1.29 is 17.6 Å². The molecule has 0 heterocycles. The standard InChI is InChI=1S/C11H13F4N/c1-10(2,9(16)11(13,14)15)7-5-3-4-6-8(7)12/h3-6,9H,16H2,1-2H3. The number of hydrogen-bond donors (Lipinski definition) is 1. The van der Waals surface area contributed by atoms with Gasteiger partial charge in [0.2, 0.25) is 0 Å². The van der Waals surface area contributed by atoms with Crippen molar-refractivity contribution in [1.82, 2.24) is 0 Å². The fourth-order valence-corrected chi connectivity index (χ4v) is 1.56. The quantitative estimate of drug-likeness (QED) is 0.783. The highest BCUT2D eigenvalue weighted by Gasteiger charge is 2.47. The monoisotopic (exact) mass is 235 g/mol. The second-order valence-electron chi connectivity index (χ2n) is 4.22. The minimum Gasteiger partial charge on any atom is -0.319 e. The third kappa shape index (κ3) is 2.35. The fourth-order valence-electron chi connectivity index (χ4n) is 1.56. The van der Waals surface area contributed by atoms with E-state index in [-0.39, 0.29) is 5.56 Å². The van der Waals surface area contributed by atoms with Gasteiger partial charge in [-0.3, -0.25) is 0 Å². The molecule has 1 aromatic carbocycles. The van der Waals surface area contributed by atoms with Gasteiger partial charge in [0, 0.05) is 5.41 Å². The number of benzene rings is 1. The summed E-state index contributed by atoms with van der Waals surface area (Å²) in [4.78, 5) is 0. The third-order valence-corrected chi connectivity index (χ3v) is 2.70. The van der Waals surface area contributed by atoms with Gasteiger partial charge >= 0.3 is 6.18 Å². The molecule has 2 N–H and O–H groups in total. The summed E-state index contributed by atoms with van der Waals surface area (Å²) in [6, 6.07) is 3.26. The summed E-state index contributed by atoms with van der Waals surface area (Å²) in [6.45, 7) is 2.56. The molecular formula is C11H13F4N. The van der Waals surface area contributed by atoms with Gasteiger partial charge in [0.1, 0.15) is 11.9 Å². The van der Waals surface area contributed by atoms with E-state index >= 15 is 0 Å². The molecule has 0 aromatic heterocycles. The van der Waals surface area contributed by atoms with Crippen LogP contribution in [-0.4, -0.2) is 12.2 Å². The lowest BCUT2D eigenvalue weighted by molar-refractivity contribution is -0.160. The van der Waals surface area contributed by atoms with Crippen molar-refractivity contribution in [3.8, 4) is 0 Å². The molecule has 0 saturated heterocycles. The number of alkyl halides is 3. The fraction of sp³-hybridized carbons (Fsp3) is 0.455. The second-order valence-corrected chi connectivity index (χ2v) is 4.22. The molecule has 1 aromatic rings. The normalized spacial score (nSPS) is 14.9. The van der Waals surface area contributed by atoms with Gasteiger partial charge in [0.05, 0.1) is 0 Å². The zero-order valence-corrected chi connectivity index (χ0v) is 8.98. The van der Waals surface area contributed by atoms with Crippen molar-refractivity contribution in [2.75, 3.05) is 0 Å². The lowest BCUT2D eigenvalue weighted by atomic mass is 9.77. The molecule has 90 valence electrons. The van der Waals surface area contributed by atoms with Crippen LogP contribution >= 0.6 is 0 Å². The SMILES string of the molecule is CC(C)(c1ccccc1F)C(N)C(F)(F)F. The largest absolute Gasteiger partial charge is 0.404 e. The number of hydrogen-bond acceptors (Lipinski definition) is 1. The van der Waals surface area contributed by atoms with Crippen molar-refractivity contribution in [1.29, 1.82) is 0 Å². The zero-order valence-electron chi connectivity index (χ0n) is 8.98. The van der Waals surface area contributed by atoms with Crippen LogP contribution in [0.2, 0.25) is 0 Å². The minimum atomic E-state index is -4.55. The molecule has 1 unspecified atom stereocenters. The van der Waals surface area contributed by atoms with Gasteiger partial charge in [-0.25, -0.2) is 4.39 Å². The lowest BCUT2D eigenvalue weighted by Gasteiger charge is -2.33. The molecular weight excluding hydrogens is 222 g/mol. The van der Waals surface area contributed by atoms with E-state index in [4.69, 9.17) is 5.73 Å². The van der Waals surface area contributed by atoms with E-state index in [9.17, 15) is 17.6 Å². The zero-order chi connectivity index (χ0) is 12.6. The number of halogens is 4. The Labute approximate surface area is 91.3 Å². The Morgan fingerprint density at radius 2 is 1.62 bits per heavy atom. The predicted molar refractivity (Wildman–Crippen MR) is 53.5 cm³/mol. The third-order valence-electron chi connectivity index (χ3n) is 2.70. The van der Waals surface area contributed by atoms with E-state index in [0.29, 0.717) is 0 Å². The van der Waals surface area contributed by atoms with Crippen LogP contribution in [0.4, 0.5) is 17.6 Å². The van der Waals surface area contributed by atoms with Gasteiger partial charge in [-0.15, -0.1) is 0 Å². The highest BCUT2D eigenvalue weighted by molar-refractivity contribution is 5.28. The summed E-state index contributed by atoms with van der Waals surface area (Å²) in [5.74, 6) is -0.674. The smallest absolute Gasteiger partial charge is 0.319 e. The van der Waals surface area contributed by atoms with Crippen LogP contribution < -0.4 is 5.73 Å². The van der Waals surface area contributed by atoms with E-state index in [0.717, 1.165) is 6.07 Å². The molecule has 0 aliphatic carbocycles. The van der Waals surface area contributed by atoms with Crippen molar-refractivity contribution in [2.24, 2.45) is 5.73 Å². The molecule has 16 heavy (non-hydrogen) atoms. The van der Waals surface area contributed by atoms with Gasteiger partial charge in [-0.05, 0) is 11.6 Å². The molecule has 0 aliphatic heterocycles. The van der Waals surface area contributed by atoms with E-state index in [2.05, 4.69) is 0 Å². The Balaban J connectivity index is 3.17. The highest BCUT2D eigenvalue weighted by atomic mass is 19.4. The summed E-state index contributed by atoms with van der Waals surface area (Å²) in [7, 11) is 0. The van der Waals surface area contributed by atoms with Gasteiger partial charge in [-0.2, -0.15) is 13.2 Å². The first-order valence-corrected chi connectivity index (χ1v) is 4.74. The Morgan fingerprint density at radius 1 is 1.12 bits per heavy atom. The molecule has 0 radical (unpaired) electrons. The first-order valence-electron chi connectivity index (χ1n) is 4.74. The molecule has 0 spiro atoms. The molecule has 1 atom stereocenters. The molecule has 0 amide bonds. The molecule has 0 aliphatic rings. The first-order chi connectivity index (χ1) is 7.17. The Bertz CT molecular complexity index is 370. The summed E-state index contributed by atoms with van der Waals surface area (Å²) < 4.78 is 51.0. The molecule has 0 fully saturated rings. The molecule has 1 rings (SSSR count). The number of rotatable bonds is 2. The van der Waals surface area contributed by atoms with Crippen molar-refractivity contribution in [3.05, 3.63) is 35.6 Å². The minimum absolute atomic E-state index is 0.0279. The average Bonchev–Trinajstić information content (AvgIpc) is 2.15. The summed E-state index contributed by atoms with van der Waals surface area (Å²) in [6.07, 6.45) is -4.55. The summed E-state index contributed by atoms with van der Waals surface area (Å²) >= 11 is 0. The van der Waals surface area contributed by atoms with Crippen LogP contribution in [0, 0.1) is 5.82 Å². The van der Waals surface area contributed by atoms with E-state index < -0.39 is 23.5 Å². The summed E-state index contributed by atoms with van der Waals surface area (Å²) in [5, 5.41) is 0. The second kappa shape index (κ2) is 4.05. The van der Waals surface area contributed by atoms with E-state index in [1.807, 2.05) is 0 Å². The Kier molecular flexibility index (Phi) is 3.28. The van der Waals surface area contributed by atoms with Crippen molar-refractivity contribution in [2.45, 2.75) is 31.5 Å². The van der Waals surface area contributed by atoms with Crippen LogP contribution in [0.1, 0.15) is 19.4 Å². The lowest BCUT2D eigenvalue weighted by Crippen LogP contribution is -2.51. The van der Waals surface area contributed by atoms with Crippen LogP contribution in [0.3, 0.4) is 0 Å². The maximum Gasteiger partial charge on any atom is 0.404 e. The van der Waals surface area contributed by atoms with Gasteiger partial charge in [-0.1, -0.05) is 32.0 Å². The first kappa shape index (κ1) is 13.0. The van der Waals surface area contributed by atoms with Crippen LogP contribution in [-0.2, 0) is 5.41 Å². The van der Waals surface area contributed by atoms with Crippen molar-refractivity contribution in [3.63, 3.8) is 0 Å². The number of nitrogens with two attached hydrogens (primary N) is 1. The van der Waals surface area contributed by atoms with Crippen LogP contribution in [0.5, 0.6) is 0 Å². The maximum atomic E-state index is 13.4. The van der Waals surface area contributed by atoms with E-state index in [1.165, 1.54) is 32.0 Å². The molecule has 0 saturated carbocycles. The summed E-state index contributed by atoms with van der Waals surface area (Å²) in [5.41, 5.74) is 3.61. The van der Waals surface area contributed by atoms with Crippen LogP contribution in [0.25, 0.3) is 0 Å². The Morgan fingerprint density at radius 3 is 2.06 bits per heavy atom. The average molecular weight is 235 g/mol. The Hall–Kier alpha value is -1.10. The molecule has 5 heteroatoms. The van der Waals surface area contributed by atoms with Gasteiger partial charge < -0.3 is 5.73 Å². The highest BCUT2D eigenvalue weighted by Crippen LogP contribution is 2.36. The van der Waals surface area contributed by atoms with Gasteiger partial charge in [0.15, 0.2) is 0 Å². The van der Waals surface area contributed by atoms with Crippen molar-refractivity contribution >= 4 is 0 Å². The van der Waals surface area contributed by atoms with Crippen LogP contribution in [0.15, 0.2) is 24.3 Å². The molecule has 1 nitrogen and oxygen atoms in total. The molecule has 0 bridgehead atoms. The predicted octanol–water partition coefficient (Wildman–Crippen LogP) is 2.99. The maximum absolute atomic E-state index is 13.4.